The van der Waals surface area contributed by atoms with E-state index in [9.17, 15) is 4.79 Å². The highest BCUT2D eigenvalue weighted by Crippen LogP contribution is 2.33. The van der Waals surface area contributed by atoms with Crippen molar-refractivity contribution in [1.29, 1.82) is 0 Å². The molecule has 4 aromatic rings. The molecule has 0 atom stereocenters. The Balaban J connectivity index is 1.57. The molecule has 0 N–H and O–H groups in total. The highest BCUT2D eigenvalue weighted by Gasteiger charge is 2.34. The lowest BCUT2D eigenvalue weighted by atomic mass is 10.1. The molecule has 0 spiro atoms. The number of furan rings is 1. The summed E-state index contributed by atoms with van der Waals surface area (Å²) in [4.78, 5) is 20.6. The van der Waals surface area contributed by atoms with Gasteiger partial charge in [0.1, 0.15) is 11.4 Å². The molecule has 0 aliphatic heterocycles. The third-order valence-corrected chi connectivity index (χ3v) is 5.82. The largest absolute Gasteiger partial charge is 0.497 e. The van der Waals surface area contributed by atoms with Gasteiger partial charge in [-0.25, -0.2) is 9.67 Å². The number of aromatic nitrogens is 3. The van der Waals surface area contributed by atoms with Gasteiger partial charge in [0.15, 0.2) is 11.4 Å². The van der Waals surface area contributed by atoms with Gasteiger partial charge in [0, 0.05) is 18.6 Å². The minimum Gasteiger partial charge on any atom is -0.497 e. The molecule has 1 aromatic carbocycles. The standard InChI is InChI=1S/C25H26N4O3/c1-16(2)29-24-21(14-26-29)20(13-22(27-24)23-5-4-12-32-23)25(30)28(18-8-9-18)15-17-6-10-19(31-3)11-7-17/h4-7,10-14,16,18H,8-9,15H2,1-3H3. The van der Waals surface area contributed by atoms with Gasteiger partial charge in [-0.2, -0.15) is 5.10 Å². The Hall–Kier alpha value is -3.61. The highest BCUT2D eigenvalue weighted by molar-refractivity contribution is 6.06. The normalized spacial score (nSPS) is 13.6. The first-order valence-corrected chi connectivity index (χ1v) is 10.9. The number of hydrogen-bond donors (Lipinski definition) is 0. The second-order valence-corrected chi connectivity index (χ2v) is 8.46. The molecule has 1 amide bonds. The van der Waals surface area contributed by atoms with Crippen molar-refractivity contribution in [3.05, 3.63) is 66.1 Å². The summed E-state index contributed by atoms with van der Waals surface area (Å²) in [7, 11) is 1.65. The summed E-state index contributed by atoms with van der Waals surface area (Å²) in [6.07, 6.45) is 5.40. The van der Waals surface area contributed by atoms with Gasteiger partial charge in [-0.3, -0.25) is 4.79 Å². The van der Waals surface area contributed by atoms with Crippen LogP contribution in [0.4, 0.5) is 0 Å². The van der Waals surface area contributed by atoms with E-state index in [1.165, 1.54) is 0 Å². The topological polar surface area (TPSA) is 73.4 Å². The third-order valence-electron chi connectivity index (χ3n) is 5.82. The first kappa shape index (κ1) is 20.3. The number of pyridine rings is 1. The second kappa shape index (κ2) is 8.15. The van der Waals surface area contributed by atoms with Gasteiger partial charge >= 0.3 is 0 Å². The SMILES string of the molecule is COc1ccc(CN(C(=O)c2cc(-c3ccco3)nc3c2cnn3C(C)C)C2CC2)cc1. The van der Waals surface area contributed by atoms with E-state index < -0.39 is 0 Å². The lowest BCUT2D eigenvalue weighted by molar-refractivity contribution is 0.0732. The summed E-state index contributed by atoms with van der Waals surface area (Å²) >= 11 is 0. The quantitative estimate of drug-likeness (QED) is 0.409. The average molecular weight is 431 g/mol. The van der Waals surface area contributed by atoms with Gasteiger partial charge in [0.05, 0.1) is 30.5 Å². The van der Waals surface area contributed by atoms with E-state index in [2.05, 4.69) is 18.9 Å². The summed E-state index contributed by atoms with van der Waals surface area (Å²) < 4.78 is 12.7. The number of carbonyl (C=O) groups excluding carboxylic acids is 1. The maximum absolute atomic E-state index is 13.9. The summed E-state index contributed by atoms with van der Waals surface area (Å²) in [5.74, 6) is 1.43. The van der Waals surface area contributed by atoms with Crippen molar-refractivity contribution in [3.63, 3.8) is 0 Å². The van der Waals surface area contributed by atoms with Crippen LogP contribution in [-0.2, 0) is 6.54 Å². The molecule has 1 fully saturated rings. The summed E-state index contributed by atoms with van der Waals surface area (Å²) in [5.41, 5.74) is 3.00. The van der Waals surface area contributed by atoms with Gasteiger partial charge in [-0.15, -0.1) is 0 Å². The zero-order valence-electron chi connectivity index (χ0n) is 18.5. The monoisotopic (exact) mass is 430 g/mol. The van der Waals surface area contributed by atoms with E-state index in [0.29, 0.717) is 29.2 Å². The summed E-state index contributed by atoms with van der Waals surface area (Å²) in [5, 5.41) is 5.29. The minimum absolute atomic E-state index is 0.00756. The Morgan fingerprint density at radius 1 is 1.25 bits per heavy atom. The molecule has 7 heteroatoms. The fraction of sp³-hybridized carbons (Fsp3) is 0.320. The Morgan fingerprint density at radius 3 is 2.66 bits per heavy atom. The van der Waals surface area contributed by atoms with Crippen LogP contribution in [0.3, 0.4) is 0 Å². The molecule has 0 radical (unpaired) electrons. The molecule has 0 bridgehead atoms. The number of nitrogens with zero attached hydrogens (tertiary/aromatic N) is 4. The number of methoxy groups -OCH3 is 1. The van der Waals surface area contributed by atoms with Gasteiger partial charge < -0.3 is 14.1 Å². The van der Waals surface area contributed by atoms with Crippen molar-refractivity contribution in [3.8, 4) is 17.2 Å². The first-order chi connectivity index (χ1) is 15.5. The molecule has 32 heavy (non-hydrogen) atoms. The van der Waals surface area contributed by atoms with E-state index in [-0.39, 0.29) is 18.0 Å². The predicted octanol–water partition coefficient (Wildman–Crippen LogP) is 5.09. The average Bonchev–Trinajstić information content (AvgIpc) is 3.31. The molecule has 3 aromatic heterocycles. The van der Waals surface area contributed by atoms with E-state index in [0.717, 1.165) is 29.5 Å². The van der Waals surface area contributed by atoms with Gasteiger partial charge in [-0.05, 0) is 62.6 Å². The lowest BCUT2D eigenvalue weighted by Gasteiger charge is -2.23. The first-order valence-electron chi connectivity index (χ1n) is 10.9. The van der Waals surface area contributed by atoms with E-state index in [1.807, 2.05) is 52.0 Å². The van der Waals surface area contributed by atoms with Crippen molar-refractivity contribution in [1.82, 2.24) is 19.7 Å². The van der Waals surface area contributed by atoms with Gasteiger partial charge in [-0.1, -0.05) is 12.1 Å². The van der Waals surface area contributed by atoms with Crippen LogP contribution < -0.4 is 4.74 Å². The Bertz CT molecular complexity index is 1240. The molecule has 1 aliphatic rings. The van der Waals surface area contributed by atoms with Crippen LogP contribution in [0.15, 0.2) is 59.3 Å². The molecule has 1 aliphatic carbocycles. The summed E-state index contributed by atoms with van der Waals surface area (Å²) in [6.45, 7) is 4.65. The molecule has 5 rings (SSSR count). The van der Waals surface area contributed by atoms with Gasteiger partial charge in [0.2, 0.25) is 0 Å². The highest BCUT2D eigenvalue weighted by atomic mass is 16.5. The molecular weight excluding hydrogens is 404 g/mol. The van der Waals surface area contributed by atoms with Crippen LogP contribution in [0.2, 0.25) is 0 Å². The number of hydrogen-bond acceptors (Lipinski definition) is 5. The number of amides is 1. The zero-order valence-corrected chi connectivity index (χ0v) is 18.5. The van der Waals surface area contributed by atoms with Crippen molar-refractivity contribution < 1.29 is 13.9 Å². The fourth-order valence-corrected chi connectivity index (χ4v) is 3.96. The Labute approximate surface area is 186 Å². The summed E-state index contributed by atoms with van der Waals surface area (Å²) in [6, 6.07) is 13.8. The maximum Gasteiger partial charge on any atom is 0.255 e. The van der Waals surface area contributed by atoms with Crippen LogP contribution >= 0.6 is 0 Å². The molecule has 0 saturated heterocycles. The molecule has 0 unspecified atom stereocenters. The molecule has 164 valence electrons. The van der Waals surface area contributed by atoms with Crippen molar-refractivity contribution in [2.75, 3.05) is 7.11 Å². The maximum atomic E-state index is 13.9. The van der Waals surface area contributed by atoms with Crippen LogP contribution in [0, 0.1) is 0 Å². The smallest absolute Gasteiger partial charge is 0.255 e. The molecule has 1 saturated carbocycles. The number of benzene rings is 1. The van der Waals surface area contributed by atoms with Crippen molar-refractivity contribution in [2.24, 2.45) is 0 Å². The lowest BCUT2D eigenvalue weighted by Crippen LogP contribution is -2.32. The fourth-order valence-electron chi connectivity index (χ4n) is 3.96. The number of fused-ring (bicyclic) bond motifs is 1. The Kier molecular flexibility index (Phi) is 5.17. The predicted molar refractivity (Wildman–Crippen MR) is 122 cm³/mol. The van der Waals surface area contributed by atoms with Crippen LogP contribution in [0.1, 0.15) is 48.7 Å². The van der Waals surface area contributed by atoms with Crippen molar-refractivity contribution >= 4 is 16.9 Å². The molecule has 3 heterocycles. The minimum atomic E-state index is -0.00756. The second-order valence-electron chi connectivity index (χ2n) is 8.46. The Morgan fingerprint density at radius 2 is 2.03 bits per heavy atom. The number of ether oxygens (including phenoxy) is 1. The molecule has 7 nitrogen and oxygen atoms in total. The van der Waals surface area contributed by atoms with Crippen molar-refractivity contribution in [2.45, 2.75) is 45.3 Å². The van der Waals surface area contributed by atoms with Gasteiger partial charge in [0.25, 0.3) is 5.91 Å². The zero-order chi connectivity index (χ0) is 22.2. The van der Waals surface area contributed by atoms with E-state index >= 15 is 0 Å². The van der Waals surface area contributed by atoms with Crippen LogP contribution in [0.5, 0.6) is 5.75 Å². The number of rotatable bonds is 7. The van der Waals surface area contributed by atoms with E-state index in [1.54, 1.807) is 19.6 Å². The third kappa shape index (κ3) is 3.75. The number of carbonyl (C=O) groups is 1. The molecular formula is C25H26N4O3. The van der Waals surface area contributed by atoms with Crippen LogP contribution in [-0.4, -0.2) is 38.7 Å². The van der Waals surface area contributed by atoms with E-state index in [4.69, 9.17) is 14.1 Å². The van der Waals surface area contributed by atoms with Crippen LogP contribution in [0.25, 0.3) is 22.5 Å².